The number of anilines is 1. The number of nitrogens with one attached hydrogen (secondary N) is 1. The van der Waals surface area contributed by atoms with E-state index in [0.29, 0.717) is 10.7 Å². The Morgan fingerprint density at radius 2 is 1.65 bits per heavy atom. The average molecular weight is 343 g/mol. The Hall–Kier alpha value is -2.50. The van der Waals surface area contributed by atoms with Gasteiger partial charge in [-0.25, -0.2) is 0 Å². The van der Waals surface area contributed by atoms with Gasteiger partial charge in [0, 0.05) is 5.02 Å². The highest BCUT2D eigenvalue weighted by Crippen LogP contribution is 2.23. The first-order valence-electron chi connectivity index (χ1n) is 6.78. The van der Waals surface area contributed by atoms with Crippen LogP contribution in [-0.2, 0) is 9.59 Å². The van der Waals surface area contributed by atoms with E-state index in [1.165, 1.54) is 4.90 Å². The smallest absolute Gasteiger partial charge is 0.270 e. The fraction of sp³-hybridized carbons (Fsp3) is 0. The van der Waals surface area contributed by atoms with Gasteiger partial charge in [0.15, 0.2) is 5.11 Å². The Bertz CT molecular complexity index is 816. The van der Waals surface area contributed by atoms with Gasteiger partial charge in [0.2, 0.25) is 0 Å². The summed E-state index contributed by atoms with van der Waals surface area (Å²) in [4.78, 5) is 26.1. The van der Waals surface area contributed by atoms with Crippen molar-refractivity contribution in [3.63, 3.8) is 0 Å². The van der Waals surface area contributed by atoms with E-state index in [4.69, 9.17) is 23.8 Å². The summed E-state index contributed by atoms with van der Waals surface area (Å²) < 4.78 is 0. The van der Waals surface area contributed by atoms with Crippen molar-refractivity contribution in [2.45, 2.75) is 0 Å². The van der Waals surface area contributed by atoms with Gasteiger partial charge in [-0.2, -0.15) is 0 Å². The molecule has 3 rings (SSSR count). The summed E-state index contributed by atoms with van der Waals surface area (Å²) in [6.45, 7) is 0. The van der Waals surface area contributed by atoms with E-state index in [-0.39, 0.29) is 10.7 Å². The van der Waals surface area contributed by atoms with Crippen LogP contribution in [-0.4, -0.2) is 16.9 Å². The fourth-order valence-electron chi connectivity index (χ4n) is 2.20. The summed E-state index contributed by atoms with van der Waals surface area (Å²) in [5.74, 6) is -0.973. The molecule has 1 heterocycles. The van der Waals surface area contributed by atoms with Crippen LogP contribution in [0.1, 0.15) is 5.56 Å². The lowest BCUT2D eigenvalue weighted by atomic mass is 10.1. The summed E-state index contributed by atoms with van der Waals surface area (Å²) in [6.07, 6.45) is 1.54. The number of halogens is 1. The number of rotatable bonds is 2. The minimum atomic E-state index is -0.505. The molecule has 0 bridgehead atoms. The van der Waals surface area contributed by atoms with Gasteiger partial charge in [-0.05, 0) is 48.1 Å². The van der Waals surface area contributed by atoms with Gasteiger partial charge in [0.1, 0.15) is 5.57 Å². The van der Waals surface area contributed by atoms with Crippen molar-refractivity contribution in [2.24, 2.45) is 0 Å². The Morgan fingerprint density at radius 1 is 1.00 bits per heavy atom. The van der Waals surface area contributed by atoms with Crippen molar-refractivity contribution in [2.75, 3.05) is 4.90 Å². The molecule has 1 saturated heterocycles. The average Bonchev–Trinajstić information content (AvgIpc) is 2.54. The number of benzene rings is 2. The molecule has 114 valence electrons. The number of hydrogen-bond acceptors (Lipinski definition) is 3. The highest BCUT2D eigenvalue weighted by molar-refractivity contribution is 7.80. The Morgan fingerprint density at radius 3 is 2.30 bits per heavy atom. The molecular formula is C17H11ClN2O2S. The third-order valence-corrected chi connectivity index (χ3v) is 3.83. The van der Waals surface area contributed by atoms with E-state index < -0.39 is 11.8 Å². The number of amides is 2. The van der Waals surface area contributed by atoms with Gasteiger partial charge in [-0.3, -0.25) is 19.8 Å². The highest BCUT2D eigenvalue weighted by atomic mass is 35.5. The van der Waals surface area contributed by atoms with Crippen molar-refractivity contribution in [3.8, 4) is 0 Å². The number of nitrogens with zero attached hydrogens (tertiary/aromatic N) is 1. The van der Waals surface area contributed by atoms with Crippen LogP contribution in [0.4, 0.5) is 5.69 Å². The molecular weight excluding hydrogens is 332 g/mol. The predicted octanol–water partition coefficient (Wildman–Crippen LogP) is 3.17. The number of carbonyl (C=O) groups excluding carboxylic acids is 2. The van der Waals surface area contributed by atoms with Gasteiger partial charge in [0.25, 0.3) is 11.8 Å². The van der Waals surface area contributed by atoms with Gasteiger partial charge in [0.05, 0.1) is 5.69 Å². The van der Waals surface area contributed by atoms with Crippen LogP contribution in [0.15, 0.2) is 60.2 Å². The van der Waals surface area contributed by atoms with E-state index in [2.05, 4.69) is 5.32 Å². The topological polar surface area (TPSA) is 49.4 Å². The first-order chi connectivity index (χ1) is 11.1. The number of hydrogen-bond donors (Lipinski definition) is 1. The molecule has 0 aromatic heterocycles. The zero-order chi connectivity index (χ0) is 16.4. The molecule has 0 spiro atoms. The van der Waals surface area contributed by atoms with E-state index in [0.717, 1.165) is 5.56 Å². The van der Waals surface area contributed by atoms with Crippen LogP contribution in [0.5, 0.6) is 0 Å². The molecule has 1 fully saturated rings. The second-order valence-corrected chi connectivity index (χ2v) is 5.67. The summed E-state index contributed by atoms with van der Waals surface area (Å²) in [6, 6.07) is 15.8. The zero-order valence-corrected chi connectivity index (χ0v) is 13.4. The molecule has 1 N–H and O–H groups in total. The standard InChI is InChI=1S/C17H11ClN2O2S/c18-12-6-8-13(9-7-12)20-16(22)14(15(21)19-17(20)23)10-11-4-2-1-3-5-11/h1-10H,(H,19,21,23)/b14-10-. The molecule has 4 nitrogen and oxygen atoms in total. The van der Waals surface area contributed by atoms with Crippen LogP contribution in [0.25, 0.3) is 6.08 Å². The molecule has 0 radical (unpaired) electrons. The lowest BCUT2D eigenvalue weighted by Crippen LogP contribution is -2.54. The van der Waals surface area contributed by atoms with Crippen LogP contribution in [0.2, 0.25) is 5.02 Å². The predicted molar refractivity (Wildman–Crippen MR) is 94.1 cm³/mol. The van der Waals surface area contributed by atoms with Gasteiger partial charge >= 0.3 is 0 Å². The van der Waals surface area contributed by atoms with E-state index >= 15 is 0 Å². The molecule has 1 aliphatic rings. The van der Waals surface area contributed by atoms with Gasteiger partial charge in [-0.15, -0.1) is 0 Å². The summed E-state index contributed by atoms with van der Waals surface area (Å²) >= 11 is 11.0. The maximum Gasteiger partial charge on any atom is 0.270 e. The first kappa shape index (κ1) is 15.4. The van der Waals surface area contributed by atoms with E-state index in [1.54, 1.807) is 30.3 Å². The van der Waals surface area contributed by atoms with Crippen LogP contribution in [0, 0.1) is 0 Å². The third-order valence-electron chi connectivity index (χ3n) is 3.30. The Kier molecular flexibility index (Phi) is 4.23. The number of carbonyl (C=O) groups is 2. The zero-order valence-electron chi connectivity index (χ0n) is 11.8. The van der Waals surface area contributed by atoms with Gasteiger partial charge in [-0.1, -0.05) is 41.9 Å². The Balaban J connectivity index is 2.01. The molecule has 23 heavy (non-hydrogen) atoms. The molecule has 2 amide bonds. The minimum Gasteiger partial charge on any atom is -0.298 e. The van der Waals surface area contributed by atoms with Crippen molar-refractivity contribution in [1.29, 1.82) is 0 Å². The lowest BCUT2D eigenvalue weighted by molar-refractivity contribution is -0.122. The van der Waals surface area contributed by atoms with Crippen molar-refractivity contribution >= 4 is 52.5 Å². The third kappa shape index (κ3) is 3.16. The lowest BCUT2D eigenvalue weighted by Gasteiger charge is -2.28. The minimum absolute atomic E-state index is 0.0275. The summed E-state index contributed by atoms with van der Waals surface area (Å²) in [7, 11) is 0. The van der Waals surface area contributed by atoms with Crippen LogP contribution < -0.4 is 10.2 Å². The normalized spacial score (nSPS) is 16.7. The van der Waals surface area contributed by atoms with Crippen molar-refractivity contribution in [3.05, 3.63) is 70.8 Å². The molecule has 1 aliphatic heterocycles. The van der Waals surface area contributed by atoms with Crippen molar-refractivity contribution in [1.82, 2.24) is 5.32 Å². The van der Waals surface area contributed by atoms with Crippen LogP contribution >= 0.6 is 23.8 Å². The molecule has 0 unspecified atom stereocenters. The summed E-state index contributed by atoms with van der Waals surface area (Å²) in [5.41, 5.74) is 1.33. The van der Waals surface area contributed by atoms with E-state index in [1.807, 2.05) is 30.3 Å². The maximum atomic E-state index is 12.7. The number of thiocarbonyl (C=S) groups is 1. The Labute approximate surface area is 143 Å². The quantitative estimate of drug-likeness (QED) is 0.518. The fourth-order valence-corrected chi connectivity index (χ4v) is 2.61. The second kappa shape index (κ2) is 6.32. The van der Waals surface area contributed by atoms with Gasteiger partial charge < -0.3 is 0 Å². The van der Waals surface area contributed by atoms with Crippen molar-refractivity contribution < 1.29 is 9.59 Å². The molecule has 2 aromatic rings. The highest BCUT2D eigenvalue weighted by Gasteiger charge is 2.34. The van der Waals surface area contributed by atoms with E-state index in [9.17, 15) is 9.59 Å². The SMILES string of the molecule is O=C1NC(=S)N(c2ccc(Cl)cc2)C(=O)/C1=C\c1ccccc1. The first-order valence-corrected chi connectivity index (χ1v) is 7.57. The molecule has 0 atom stereocenters. The maximum absolute atomic E-state index is 12.7. The molecule has 6 heteroatoms. The second-order valence-electron chi connectivity index (χ2n) is 4.84. The summed E-state index contributed by atoms with van der Waals surface area (Å²) in [5, 5.41) is 3.14. The largest absolute Gasteiger partial charge is 0.298 e. The molecule has 0 aliphatic carbocycles. The molecule has 0 saturated carbocycles. The monoisotopic (exact) mass is 342 g/mol. The van der Waals surface area contributed by atoms with Crippen LogP contribution in [0.3, 0.4) is 0 Å². The molecule has 2 aromatic carbocycles.